The van der Waals surface area contributed by atoms with Crippen molar-refractivity contribution in [2.75, 3.05) is 17.2 Å². The fourth-order valence-electron chi connectivity index (χ4n) is 3.81. The van der Waals surface area contributed by atoms with E-state index in [1.54, 1.807) is 25.1 Å². The van der Waals surface area contributed by atoms with Gasteiger partial charge in [0.15, 0.2) is 0 Å². The quantitative estimate of drug-likeness (QED) is 0.295. The summed E-state index contributed by atoms with van der Waals surface area (Å²) in [6.07, 6.45) is 2.44. The van der Waals surface area contributed by atoms with E-state index in [1.165, 1.54) is 37.1 Å². The summed E-state index contributed by atoms with van der Waals surface area (Å²) in [6.45, 7) is 2.48. The number of amides is 2. The normalized spacial score (nSPS) is 13.5. The van der Waals surface area contributed by atoms with Gasteiger partial charge in [0.25, 0.3) is 15.6 Å². The van der Waals surface area contributed by atoms with Gasteiger partial charge in [-0.2, -0.15) is 0 Å². The lowest BCUT2D eigenvalue weighted by Crippen LogP contribution is -2.34. The van der Waals surface area contributed by atoms with E-state index in [4.69, 9.17) is 11.6 Å². The number of aromatic nitrogens is 2. The standard InChI is InChI=1S/C24H21ClFN5O4S2/c1-13-28-19-11-15(27-12-14-2-3-14)4-6-17(19)23(32)31(13)20-7-5-16(10-18(20)26)29-24(33)30-37(34,35)22-9-8-21(25)36-22/h4-11,14,27H,2-3,12H2,1H3,(H2,29,30,33). The van der Waals surface area contributed by atoms with E-state index in [0.717, 1.165) is 34.2 Å². The summed E-state index contributed by atoms with van der Waals surface area (Å²) in [4.78, 5) is 29.9. The van der Waals surface area contributed by atoms with Crippen LogP contribution in [-0.4, -0.2) is 30.5 Å². The molecule has 2 aromatic carbocycles. The van der Waals surface area contributed by atoms with Gasteiger partial charge in [-0.15, -0.1) is 11.3 Å². The lowest BCUT2D eigenvalue weighted by atomic mass is 10.2. The Bertz CT molecular complexity index is 1700. The van der Waals surface area contributed by atoms with Crippen LogP contribution in [0.3, 0.4) is 0 Å². The van der Waals surface area contributed by atoms with Crippen molar-refractivity contribution < 1.29 is 17.6 Å². The van der Waals surface area contributed by atoms with Crippen molar-refractivity contribution in [3.63, 3.8) is 0 Å². The average Bonchev–Trinajstić information content (AvgIpc) is 3.55. The van der Waals surface area contributed by atoms with Gasteiger partial charge in [-0.05, 0) is 74.2 Å². The first-order valence-corrected chi connectivity index (χ1v) is 13.9. The molecule has 0 radical (unpaired) electrons. The Hall–Kier alpha value is -3.48. The third-order valence-corrected chi connectivity index (χ3v) is 8.87. The number of thiophene rings is 1. The summed E-state index contributed by atoms with van der Waals surface area (Å²) < 4.78 is 42.8. The van der Waals surface area contributed by atoms with Gasteiger partial charge in [0.05, 0.1) is 20.9 Å². The highest BCUT2D eigenvalue weighted by atomic mass is 35.5. The fraction of sp³-hybridized carbons (Fsp3) is 0.208. The van der Waals surface area contributed by atoms with E-state index < -0.39 is 27.4 Å². The van der Waals surface area contributed by atoms with Crippen molar-refractivity contribution in [1.82, 2.24) is 14.3 Å². The molecule has 1 aliphatic rings. The highest BCUT2D eigenvalue weighted by Crippen LogP contribution is 2.29. The molecule has 3 N–H and O–H groups in total. The molecule has 13 heteroatoms. The van der Waals surface area contributed by atoms with Gasteiger partial charge < -0.3 is 10.6 Å². The number of urea groups is 1. The van der Waals surface area contributed by atoms with Crippen LogP contribution in [0.25, 0.3) is 16.6 Å². The zero-order valence-corrected chi connectivity index (χ0v) is 21.8. The first kappa shape index (κ1) is 25.2. The van der Waals surface area contributed by atoms with Crippen LogP contribution in [-0.2, 0) is 10.0 Å². The van der Waals surface area contributed by atoms with Crippen molar-refractivity contribution in [3.8, 4) is 5.69 Å². The molecule has 0 atom stereocenters. The molecular weight excluding hydrogens is 541 g/mol. The third-order valence-electron chi connectivity index (χ3n) is 5.82. The minimum atomic E-state index is -4.14. The lowest BCUT2D eigenvalue weighted by Gasteiger charge is -2.14. The van der Waals surface area contributed by atoms with Gasteiger partial charge >= 0.3 is 6.03 Å². The molecule has 2 heterocycles. The number of anilines is 2. The maximum Gasteiger partial charge on any atom is 0.333 e. The van der Waals surface area contributed by atoms with Crippen molar-refractivity contribution in [2.45, 2.75) is 24.0 Å². The second-order valence-corrected chi connectivity index (χ2v) is 12.3. The molecule has 1 saturated carbocycles. The summed E-state index contributed by atoms with van der Waals surface area (Å²) in [5.74, 6) is 0.170. The van der Waals surface area contributed by atoms with Crippen molar-refractivity contribution >= 4 is 61.3 Å². The van der Waals surface area contributed by atoms with Crippen LogP contribution in [0, 0.1) is 18.7 Å². The number of benzene rings is 2. The predicted molar refractivity (Wildman–Crippen MR) is 142 cm³/mol. The van der Waals surface area contributed by atoms with Crippen molar-refractivity contribution in [2.24, 2.45) is 5.92 Å². The number of aryl methyl sites for hydroxylation is 1. The number of rotatable bonds is 7. The van der Waals surface area contributed by atoms with Gasteiger partial charge in [0.2, 0.25) is 0 Å². The molecule has 4 aromatic rings. The molecule has 2 aromatic heterocycles. The SMILES string of the molecule is Cc1nc2cc(NCC3CC3)ccc2c(=O)n1-c1ccc(NC(=O)NS(=O)(=O)c2ccc(Cl)s2)cc1F. The molecule has 0 spiro atoms. The number of nitrogens with one attached hydrogen (secondary N) is 3. The Morgan fingerprint density at radius 3 is 2.59 bits per heavy atom. The number of hydrogen-bond donors (Lipinski definition) is 3. The molecule has 0 saturated heterocycles. The Labute approximate surface area is 220 Å². The van der Waals surface area contributed by atoms with Crippen LogP contribution in [0.15, 0.2) is 57.5 Å². The highest BCUT2D eigenvalue weighted by molar-refractivity contribution is 7.92. The third kappa shape index (κ3) is 5.45. The minimum absolute atomic E-state index is 0.0102. The topological polar surface area (TPSA) is 122 Å². The molecule has 9 nitrogen and oxygen atoms in total. The number of halogens is 2. The molecule has 0 unspecified atom stereocenters. The molecule has 2 amide bonds. The van der Waals surface area contributed by atoms with Gasteiger partial charge in [-0.3, -0.25) is 9.36 Å². The molecule has 0 aliphatic heterocycles. The number of carbonyl (C=O) groups excluding carboxylic acids is 1. The Balaban J connectivity index is 1.37. The van der Waals surface area contributed by atoms with E-state index in [0.29, 0.717) is 16.8 Å². The number of nitrogens with zero attached hydrogens (tertiary/aromatic N) is 2. The van der Waals surface area contributed by atoms with Crippen molar-refractivity contribution in [1.29, 1.82) is 0 Å². The second kappa shape index (κ2) is 9.77. The second-order valence-electron chi connectivity index (χ2n) is 8.64. The van der Waals surface area contributed by atoms with Gasteiger partial charge in [-0.25, -0.2) is 27.3 Å². The van der Waals surface area contributed by atoms with Crippen LogP contribution in [0.2, 0.25) is 4.34 Å². The zero-order valence-electron chi connectivity index (χ0n) is 19.4. The van der Waals surface area contributed by atoms with Crippen LogP contribution >= 0.6 is 22.9 Å². The van der Waals surface area contributed by atoms with Gasteiger partial charge in [-0.1, -0.05) is 11.6 Å². The first-order valence-electron chi connectivity index (χ1n) is 11.3. The average molecular weight is 562 g/mol. The summed E-state index contributed by atoms with van der Waals surface area (Å²) in [5, 5.41) is 5.96. The number of hydrogen-bond acceptors (Lipinski definition) is 7. The summed E-state index contributed by atoms with van der Waals surface area (Å²) in [5.41, 5.74) is 0.869. The van der Waals surface area contributed by atoms with E-state index in [-0.39, 0.29) is 25.7 Å². The molecular formula is C24H21ClFN5O4S2. The zero-order chi connectivity index (χ0) is 26.3. The predicted octanol–water partition coefficient (Wildman–Crippen LogP) is 4.88. The van der Waals surface area contributed by atoms with Crippen LogP contribution < -0.4 is 20.9 Å². The monoisotopic (exact) mass is 561 g/mol. The van der Waals surface area contributed by atoms with Gasteiger partial charge in [0, 0.05) is 17.9 Å². The van der Waals surface area contributed by atoms with Crippen LogP contribution in [0.4, 0.5) is 20.6 Å². The Morgan fingerprint density at radius 1 is 1.16 bits per heavy atom. The number of fused-ring (bicyclic) bond motifs is 1. The first-order chi connectivity index (χ1) is 17.6. The maximum absolute atomic E-state index is 15.1. The maximum atomic E-state index is 15.1. The summed E-state index contributed by atoms with van der Waals surface area (Å²) in [7, 11) is -4.14. The van der Waals surface area contributed by atoms with E-state index in [1.807, 2.05) is 4.72 Å². The molecule has 0 bridgehead atoms. The Morgan fingerprint density at radius 2 is 1.92 bits per heavy atom. The smallest absolute Gasteiger partial charge is 0.333 e. The minimum Gasteiger partial charge on any atom is -0.385 e. The van der Waals surface area contributed by atoms with E-state index >= 15 is 4.39 Å². The largest absolute Gasteiger partial charge is 0.385 e. The van der Waals surface area contributed by atoms with Crippen LogP contribution in [0.5, 0.6) is 0 Å². The molecule has 192 valence electrons. The van der Waals surface area contributed by atoms with E-state index in [9.17, 15) is 18.0 Å². The summed E-state index contributed by atoms with van der Waals surface area (Å²) in [6, 6.07) is 10.5. The fourth-order valence-corrected chi connectivity index (χ4v) is 6.20. The number of carbonyl (C=O) groups is 1. The lowest BCUT2D eigenvalue weighted by molar-refractivity contribution is 0.256. The van der Waals surface area contributed by atoms with Gasteiger partial charge in [0.1, 0.15) is 15.9 Å². The molecule has 1 fully saturated rings. The number of sulfonamides is 1. The molecule has 37 heavy (non-hydrogen) atoms. The summed E-state index contributed by atoms with van der Waals surface area (Å²) >= 11 is 6.54. The Kier molecular flexibility index (Phi) is 6.65. The highest BCUT2D eigenvalue weighted by Gasteiger charge is 2.22. The van der Waals surface area contributed by atoms with E-state index in [2.05, 4.69) is 15.6 Å². The van der Waals surface area contributed by atoms with Crippen molar-refractivity contribution in [3.05, 3.63) is 74.9 Å². The molecule has 5 rings (SSSR count). The molecule has 1 aliphatic carbocycles. The van der Waals surface area contributed by atoms with Crippen LogP contribution in [0.1, 0.15) is 18.7 Å².